The van der Waals surface area contributed by atoms with Gasteiger partial charge in [-0.1, -0.05) is 23.4 Å². The lowest BCUT2D eigenvalue weighted by Gasteiger charge is -1.99. The first-order valence-corrected chi connectivity index (χ1v) is 6.05. The van der Waals surface area contributed by atoms with Crippen molar-refractivity contribution in [1.82, 2.24) is 0 Å². The molecule has 0 amide bonds. The molecule has 1 rings (SSSR count). The molecule has 0 aliphatic heterocycles. The number of hydrogen-bond acceptors (Lipinski definition) is 3. The van der Waals surface area contributed by atoms with Crippen LogP contribution < -0.4 is 0 Å². The van der Waals surface area contributed by atoms with E-state index in [-0.39, 0.29) is 5.12 Å². The lowest BCUT2D eigenvalue weighted by atomic mass is 10.2. The van der Waals surface area contributed by atoms with E-state index >= 15 is 0 Å². The minimum atomic E-state index is -0.0336. The number of thioether (sulfide) groups is 1. The standard InChI is InChI=1S/C10H11Cl2O2S/c1-14-4-5-15-10(13)8-3-2-7(11)6-9(8)12/h2-3,6,12H,4-5H2,1H3/q+1. The Bertz CT molecular complexity index is 355. The van der Waals surface area contributed by atoms with Crippen LogP contribution in [-0.4, -0.2) is 24.6 Å². The van der Waals surface area contributed by atoms with Crippen LogP contribution in [0.15, 0.2) is 18.2 Å². The van der Waals surface area contributed by atoms with E-state index in [1.807, 2.05) is 0 Å². The third-order valence-corrected chi connectivity index (χ3v) is 3.11. The summed E-state index contributed by atoms with van der Waals surface area (Å²) in [5.74, 6) is 0.632. The third-order valence-electron chi connectivity index (χ3n) is 1.68. The van der Waals surface area contributed by atoms with Gasteiger partial charge in [0, 0.05) is 24.0 Å². The van der Waals surface area contributed by atoms with Crippen LogP contribution in [0.1, 0.15) is 10.4 Å². The second kappa shape index (κ2) is 6.38. The van der Waals surface area contributed by atoms with Crippen molar-refractivity contribution in [3.63, 3.8) is 0 Å². The smallest absolute Gasteiger partial charge is 0.238 e. The zero-order chi connectivity index (χ0) is 11.3. The number of rotatable bonds is 4. The number of methoxy groups -OCH3 is 1. The molecule has 0 aliphatic carbocycles. The summed E-state index contributed by atoms with van der Waals surface area (Å²) >= 11 is 12.0. The van der Waals surface area contributed by atoms with E-state index in [9.17, 15) is 4.79 Å². The molecule has 5 heteroatoms. The Balaban J connectivity index is 2.65. The number of carbonyl (C=O) groups excluding carboxylic acids is 1. The quantitative estimate of drug-likeness (QED) is 0.783. The third kappa shape index (κ3) is 4.03. The predicted molar refractivity (Wildman–Crippen MR) is 60.7 cm³/mol. The van der Waals surface area contributed by atoms with Gasteiger partial charge in [0.2, 0.25) is 10.1 Å². The molecule has 0 aliphatic rings. The van der Waals surface area contributed by atoms with Crippen molar-refractivity contribution in [3.8, 4) is 0 Å². The van der Waals surface area contributed by atoms with Crippen molar-refractivity contribution in [2.24, 2.45) is 0 Å². The van der Waals surface area contributed by atoms with Gasteiger partial charge in [0.25, 0.3) is 0 Å². The highest BCUT2D eigenvalue weighted by molar-refractivity contribution is 8.14. The van der Waals surface area contributed by atoms with Crippen molar-refractivity contribution < 1.29 is 21.1 Å². The van der Waals surface area contributed by atoms with Crippen molar-refractivity contribution in [3.05, 3.63) is 33.8 Å². The highest BCUT2D eigenvalue weighted by Gasteiger charge is 2.15. The van der Waals surface area contributed by atoms with Crippen LogP contribution in [0.3, 0.4) is 0 Å². The molecule has 1 aromatic carbocycles. The highest BCUT2D eigenvalue weighted by Crippen LogP contribution is 2.21. The Labute approximate surface area is 103 Å². The van der Waals surface area contributed by atoms with Gasteiger partial charge in [0.15, 0.2) is 11.6 Å². The average molecular weight is 266 g/mol. The normalized spacial score (nSPS) is 10.3. The summed E-state index contributed by atoms with van der Waals surface area (Å²) in [7, 11) is 1.60. The van der Waals surface area contributed by atoms with Crippen LogP contribution in [-0.2, 0) is 4.74 Å². The van der Waals surface area contributed by atoms with Gasteiger partial charge in [0.1, 0.15) is 0 Å². The van der Waals surface area contributed by atoms with Gasteiger partial charge in [-0.05, 0) is 12.1 Å². The lowest BCUT2D eigenvalue weighted by molar-refractivity contribution is -0.289. The van der Waals surface area contributed by atoms with Crippen molar-refractivity contribution in [1.29, 1.82) is 0 Å². The maximum absolute atomic E-state index is 11.6. The van der Waals surface area contributed by atoms with E-state index in [2.05, 4.69) is 0 Å². The van der Waals surface area contributed by atoms with Gasteiger partial charge in [-0.25, -0.2) is 0 Å². The first-order chi connectivity index (χ1) is 7.15. The monoisotopic (exact) mass is 265 g/mol. The molecule has 15 heavy (non-hydrogen) atoms. The Morgan fingerprint density at radius 1 is 1.60 bits per heavy atom. The van der Waals surface area contributed by atoms with Crippen LogP contribution in [0.25, 0.3) is 0 Å². The second-order valence-corrected chi connectivity index (χ2v) is 4.71. The number of carbonyl (C=O) groups is 1. The molecule has 1 aromatic rings. The van der Waals surface area contributed by atoms with Gasteiger partial charge < -0.3 is 4.74 Å². The molecule has 0 atom stereocenters. The molecule has 2 nitrogen and oxygen atoms in total. The van der Waals surface area contributed by atoms with E-state index < -0.39 is 0 Å². The fraction of sp³-hybridized carbons (Fsp3) is 0.300. The Hall–Kier alpha value is -0.220. The zero-order valence-electron chi connectivity index (χ0n) is 8.16. The van der Waals surface area contributed by atoms with E-state index in [4.69, 9.17) is 27.9 Å². The summed E-state index contributed by atoms with van der Waals surface area (Å²) in [6.07, 6.45) is 0. The fourth-order valence-electron chi connectivity index (χ4n) is 0.960. The Kier molecular flexibility index (Phi) is 5.47. The molecule has 82 valence electrons. The topological polar surface area (TPSA) is 26.3 Å². The fourth-order valence-corrected chi connectivity index (χ4v) is 2.32. The summed E-state index contributed by atoms with van der Waals surface area (Å²) in [5.41, 5.74) is 0.538. The Morgan fingerprint density at radius 3 is 2.93 bits per heavy atom. The number of ether oxygens (including phenoxy) is 1. The maximum atomic E-state index is 11.6. The van der Waals surface area contributed by atoms with Crippen LogP contribution in [0.4, 0.5) is 0 Å². The average Bonchev–Trinajstić information content (AvgIpc) is 2.17. The van der Waals surface area contributed by atoms with Crippen LogP contribution >= 0.6 is 23.4 Å². The van der Waals surface area contributed by atoms with E-state index in [0.717, 1.165) is 0 Å². The molecule has 0 fully saturated rings. The Morgan fingerprint density at radius 2 is 2.33 bits per heavy atom. The molecule has 0 saturated carbocycles. The number of halogens is 2. The van der Waals surface area contributed by atoms with Gasteiger partial charge in [-0.3, -0.25) is 4.79 Å². The lowest BCUT2D eigenvalue weighted by Crippen LogP contribution is -2.00. The molecule has 0 radical (unpaired) electrons. The molecular formula is C10H11Cl2O2S+. The van der Waals surface area contributed by atoms with Gasteiger partial charge in [0.05, 0.1) is 12.2 Å². The number of hydrogen-bond donors (Lipinski definition) is 0. The van der Waals surface area contributed by atoms with Crippen molar-refractivity contribution in [2.75, 3.05) is 19.5 Å². The summed E-state index contributed by atoms with van der Waals surface area (Å²) < 4.78 is 4.86. The van der Waals surface area contributed by atoms with Crippen LogP contribution in [0.5, 0.6) is 0 Å². The van der Waals surface area contributed by atoms with Crippen LogP contribution in [0.2, 0.25) is 10.0 Å². The minimum absolute atomic E-state index is 0.0336. The van der Waals surface area contributed by atoms with Crippen LogP contribution in [0, 0.1) is 11.6 Å². The SMILES string of the molecule is COCCSC(=O)c1ccc(Cl)cc1[ClH+]. The molecule has 0 unspecified atom stereocenters. The molecule has 0 N–H and O–H groups in total. The minimum Gasteiger partial charge on any atom is -0.384 e. The molecular weight excluding hydrogens is 255 g/mol. The van der Waals surface area contributed by atoms with Gasteiger partial charge in [-0.15, -0.1) is 0 Å². The second-order valence-electron chi connectivity index (χ2n) is 2.77. The number of benzene rings is 1. The first kappa shape index (κ1) is 12.8. The van der Waals surface area contributed by atoms with Crippen molar-refractivity contribution >= 4 is 28.5 Å². The van der Waals surface area contributed by atoms with Crippen molar-refractivity contribution in [2.45, 2.75) is 0 Å². The highest BCUT2D eigenvalue weighted by atomic mass is 35.5. The molecule has 0 saturated heterocycles. The van der Waals surface area contributed by atoms with Gasteiger partial charge in [-0.2, -0.15) is 0 Å². The van der Waals surface area contributed by atoms with E-state index in [1.165, 1.54) is 11.8 Å². The summed E-state index contributed by atoms with van der Waals surface area (Å²) in [5, 5.41) is 1.02. The molecule has 0 heterocycles. The largest absolute Gasteiger partial charge is 0.384 e. The molecule has 0 bridgehead atoms. The first-order valence-electron chi connectivity index (χ1n) is 4.27. The summed E-state index contributed by atoms with van der Waals surface area (Å²) in [6.45, 7) is 0.552. The maximum Gasteiger partial charge on any atom is 0.238 e. The zero-order valence-corrected chi connectivity index (χ0v) is 10.5. The molecule has 0 aromatic heterocycles. The predicted octanol–water partition coefficient (Wildman–Crippen LogP) is 2.56. The molecule has 0 spiro atoms. The van der Waals surface area contributed by atoms with Gasteiger partial charge >= 0.3 is 0 Å². The summed E-state index contributed by atoms with van der Waals surface area (Å²) in [4.78, 5) is 11.6. The summed E-state index contributed by atoms with van der Waals surface area (Å²) in [6, 6.07) is 4.94. The van der Waals surface area contributed by atoms with E-state index in [1.54, 1.807) is 25.3 Å². The van der Waals surface area contributed by atoms with E-state index in [0.29, 0.717) is 28.0 Å².